The van der Waals surface area contributed by atoms with E-state index in [-0.39, 0.29) is 24.0 Å². The van der Waals surface area contributed by atoms with Gasteiger partial charge in [-0.2, -0.15) is 0 Å². The first-order valence-corrected chi connectivity index (χ1v) is 6.87. The molecule has 1 aliphatic heterocycles. The van der Waals surface area contributed by atoms with Crippen LogP contribution in [0.4, 0.5) is 0 Å². The minimum atomic E-state index is -0.383. The van der Waals surface area contributed by atoms with Gasteiger partial charge in [0.1, 0.15) is 11.8 Å². The van der Waals surface area contributed by atoms with Crippen LogP contribution in [0.5, 0.6) is 5.75 Å². The zero-order chi connectivity index (χ0) is 14.5. The second kappa shape index (κ2) is 6.41. The van der Waals surface area contributed by atoms with Gasteiger partial charge in [0.25, 0.3) is 0 Å². The van der Waals surface area contributed by atoms with Crippen molar-refractivity contribution in [2.75, 3.05) is 0 Å². The van der Waals surface area contributed by atoms with E-state index in [2.05, 4.69) is 10.6 Å². The molecule has 0 saturated carbocycles. The molecule has 5 nitrogen and oxygen atoms in total. The lowest BCUT2D eigenvalue weighted by Crippen LogP contribution is -2.41. The van der Waals surface area contributed by atoms with Gasteiger partial charge in [0, 0.05) is 13.0 Å². The van der Waals surface area contributed by atoms with Crippen LogP contribution in [0, 0.1) is 0 Å². The highest BCUT2D eigenvalue weighted by atomic mass is 16.5. The van der Waals surface area contributed by atoms with E-state index in [4.69, 9.17) is 4.74 Å². The van der Waals surface area contributed by atoms with E-state index in [1.807, 2.05) is 38.1 Å². The summed E-state index contributed by atoms with van der Waals surface area (Å²) in [5.41, 5.74) is 0.999. The molecule has 0 bridgehead atoms. The van der Waals surface area contributed by atoms with Crippen LogP contribution in [-0.2, 0) is 16.1 Å². The number of carbonyl (C=O) groups is 2. The van der Waals surface area contributed by atoms with Gasteiger partial charge in [-0.1, -0.05) is 12.1 Å². The fraction of sp³-hybridized carbons (Fsp3) is 0.467. The van der Waals surface area contributed by atoms with Gasteiger partial charge in [0.05, 0.1) is 6.10 Å². The molecule has 1 saturated heterocycles. The standard InChI is InChI=1S/C15H20N2O3/c1-10(2)20-12-5-3-11(4-6-12)9-16-15(19)13-7-8-14(18)17-13/h3-6,10,13H,7-9H2,1-2H3,(H,16,19)(H,17,18). The zero-order valence-corrected chi connectivity index (χ0v) is 11.8. The Morgan fingerprint density at radius 1 is 1.40 bits per heavy atom. The Labute approximate surface area is 118 Å². The van der Waals surface area contributed by atoms with Crippen molar-refractivity contribution in [3.8, 4) is 5.75 Å². The van der Waals surface area contributed by atoms with Crippen molar-refractivity contribution >= 4 is 11.8 Å². The number of hydrogen-bond acceptors (Lipinski definition) is 3. The summed E-state index contributed by atoms with van der Waals surface area (Å²) in [6.07, 6.45) is 1.15. The van der Waals surface area contributed by atoms with Gasteiger partial charge in [0.2, 0.25) is 11.8 Å². The number of amides is 2. The van der Waals surface area contributed by atoms with Crippen LogP contribution in [0.25, 0.3) is 0 Å². The smallest absolute Gasteiger partial charge is 0.242 e. The number of ether oxygens (including phenoxy) is 1. The third-order valence-corrected chi connectivity index (χ3v) is 3.07. The molecule has 20 heavy (non-hydrogen) atoms. The van der Waals surface area contributed by atoms with Gasteiger partial charge in [-0.25, -0.2) is 0 Å². The summed E-state index contributed by atoms with van der Waals surface area (Å²) in [5.74, 6) is 0.636. The predicted molar refractivity (Wildman–Crippen MR) is 75.2 cm³/mol. The first kappa shape index (κ1) is 14.4. The molecule has 1 unspecified atom stereocenters. The Morgan fingerprint density at radius 2 is 2.10 bits per heavy atom. The third-order valence-electron chi connectivity index (χ3n) is 3.07. The van der Waals surface area contributed by atoms with E-state index in [9.17, 15) is 9.59 Å². The highest BCUT2D eigenvalue weighted by Crippen LogP contribution is 2.14. The summed E-state index contributed by atoms with van der Waals surface area (Å²) < 4.78 is 5.55. The summed E-state index contributed by atoms with van der Waals surface area (Å²) >= 11 is 0. The lowest BCUT2D eigenvalue weighted by Gasteiger charge is -2.12. The Kier molecular flexibility index (Phi) is 4.61. The molecule has 2 N–H and O–H groups in total. The predicted octanol–water partition coefficient (Wildman–Crippen LogP) is 1.37. The van der Waals surface area contributed by atoms with Gasteiger partial charge in [-0.3, -0.25) is 9.59 Å². The second-order valence-corrected chi connectivity index (χ2v) is 5.19. The quantitative estimate of drug-likeness (QED) is 0.853. The Hall–Kier alpha value is -2.04. The molecule has 1 atom stereocenters. The van der Waals surface area contributed by atoms with Gasteiger partial charge >= 0.3 is 0 Å². The van der Waals surface area contributed by atoms with Crippen LogP contribution < -0.4 is 15.4 Å². The Bertz CT molecular complexity index is 482. The van der Waals surface area contributed by atoms with Crippen molar-refractivity contribution in [1.29, 1.82) is 0 Å². The molecule has 1 aromatic rings. The molecule has 2 amide bonds. The average Bonchev–Trinajstić information content (AvgIpc) is 2.84. The van der Waals surface area contributed by atoms with Crippen LogP contribution in [0.1, 0.15) is 32.3 Å². The first-order chi connectivity index (χ1) is 9.54. The van der Waals surface area contributed by atoms with Crippen molar-refractivity contribution in [2.24, 2.45) is 0 Å². The number of rotatable bonds is 5. The van der Waals surface area contributed by atoms with Crippen LogP contribution in [0.2, 0.25) is 0 Å². The summed E-state index contributed by atoms with van der Waals surface area (Å²) in [6.45, 7) is 4.40. The molecule has 2 rings (SSSR count). The molecule has 1 heterocycles. The van der Waals surface area contributed by atoms with E-state index >= 15 is 0 Å². The van der Waals surface area contributed by atoms with E-state index in [0.717, 1.165) is 11.3 Å². The highest BCUT2D eigenvalue weighted by Gasteiger charge is 2.26. The fourth-order valence-electron chi connectivity index (χ4n) is 2.08. The highest BCUT2D eigenvalue weighted by molar-refractivity contribution is 5.90. The molecular weight excluding hydrogens is 256 g/mol. The van der Waals surface area contributed by atoms with E-state index in [0.29, 0.717) is 19.4 Å². The van der Waals surface area contributed by atoms with Crippen molar-refractivity contribution in [3.63, 3.8) is 0 Å². The van der Waals surface area contributed by atoms with Crippen molar-refractivity contribution < 1.29 is 14.3 Å². The summed E-state index contributed by atoms with van der Waals surface area (Å²) in [6, 6.07) is 7.24. The van der Waals surface area contributed by atoms with Crippen molar-refractivity contribution in [3.05, 3.63) is 29.8 Å². The van der Waals surface area contributed by atoms with Crippen LogP contribution >= 0.6 is 0 Å². The maximum Gasteiger partial charge on any atom is 0.242 e. The molecule has 1 aromatic carbocycles. The topological polar surface area (TPSA) is 67.4 Å². The normalized spacial score (nSPS) is 17.9. The van der Waals surface area contributed by atoms with Crippen LogP contribution in [-0.4, -0.2) is 24.0 Å². The van der Waals surface area contributed by atoms with Gasteiger partial charge in [-0.05, 0) is 38.0 Å². The molecule has 0 spiro atoms. The van der Waals surface area contributed by atoms with E-state index in [1.54, 1.807) is 0 Å². The fourth-order valence-corrected chi connectivity index (χ4v) is 2.08. The molecule has 0 aliphatic carbocycles. The van der Waals surface area contributed by atoms with Gasteiger partial charge in [-0.15, -0.1) is 0 Å². The maximum absolute atomic E-state index is 11.8. The Morgan fingerprint density at radius 3 is 2.65 bits per heavy atom. The lowest BCUT2D eigenvalue weighted by molar-refractivity contribution is -0.125. The monoisotopic (exact) mass is 276 g/mol. The second-order valence-electron chi connectivity index (χ2n) is 5.19. The largest absolute Gasteiger partial charge is 0.491 e. The average molecular weight is 276 g/mol. The van der Waals surface area contributed by atoms with Crippen LogP contribution in [0.15, 0.2) is 24.3 Å². The molecule has 1 fully saturated rings. The summed E-state index contributed by atoms with van der Waals surface area (Å²) in [7, 11) is 0. The molecule has 1 aliphatic rings. The number of hydrogen-bond donors (Lipinski definition) is 2. The van der Waals surface area contributed by atoms with Crippen LogP contribution in [0.3, 0.4) is 0 Å². The van der Waals surface area contributed by atoms with Crippen molar-refractivity contribution in [1.82, 2.24) is 10.6 Å². The molecular formula is C15H20N2O3. The number of benzene rings is 1. The lowest BCUT2D eigenvalue weighted by atomic mass is 10.2. The number of nitrogens with one attached hydrogen (secondary N) is 2. The maximum atomic E-state index is 11.8. The zero-order valence-electron chi connectivity index (χ0n) is 11.8. The SMILES string of the molecule is CC(C)Oc1ccc(CNC(=O)C2CCC(=O)N2)cc1. The third kappa shape index (κ3) is 3.98. The molecule has 108 valence electrons. The summed E-state index contributed by atoms with van der Waals surface area (Å²) in [4.78, 5) is 22.9. The van der Waals surface area contributed by atoms with Gasteiger partial charge < -0.3 is 15.4 Å². The van der Waals surface area contributed by atoms with Crippen molar-refractivity contribution in [2.45, 2.75) is 45.4 Å². The molecule has 5 heteroatoms. The van der Waals surface area contributed by atoms with Gasteiger partial charge in [0.15, 0.2) is 0 Å². The first-order valence-electron chi connectivity index (χ1n) is 6.87. The number of carbonyl (C=O) groups excluding carboxylic acids is 2. The van der Waals surface area contributed by atoms with E-state index in [1.165, 1.54) is 0 Å². The minimum Gasteiger partial charge on any atom is -0.491 e. The van der Waals surface area contributed by atoms with E-state index < -0.39 is 0 Å². The Balaban J connectivity index is 1.81. The minimum absolute atomic E-state index is 0.0552. The molecule has 0 aromatic heterocycles. The molecule has 0 radical (unpaired) electrons. The summed E-state index contributed by atoms with van der Waals surface area (Å²) in [5, 5.41) is 5.48.